The standard InChI is InChI=1S/C28H32N6O2S/c1-18(2)36-22-16-20(34-13-7-12-33(3)14-15-34)10-11-21(22)31-28-30-17-23-25(32-28)24(26(37-23)27(29)35)19-8-5-4-6-9-19/h4-6,8-11,16-18H,7,12-15H2,1-3H3,(H2,29,35)(H,30,31,32). The van der Waals surface area contributed by atoms with Crippen molar-refractivity contribution < 1.29 is 9.53 Å². The van der Waals surface area contributed by atoms with Gasteiger partial charge in [0.25, 0.3) is 5.91 Å². The number of benzene rings is 2. The number of carbonyl (C=O) groups is 1. The number of hydrogen-bond donors (Lipinski definition) is 2. The first-order valence-corrected chi connectivity index (χ1v) is 13.4. The van der Waals surface area contributed by atoms with Crippen molar-refractivity contribution in [2.24, 2.45) is 5.73 Å². The van der Waals surface area contributed by atoms with E-state index in [4.69, 9.17) is 15.5 Å². The molecule has 0 saturated carbocycles. The maximum Gasteiger partial charge on any atom is 0.259 e. The van der Waals surface area contributed by atoms with E-state index in [0.29, 0.717) is 16.3 Å². The summed E-state index contributed by atoms with van der Waals surface area (Å²) in [4.78, 5) is 26.8. The minimum Gasteiger partial charge on any atom is -0.489 e. The molecule has 3 N–H and O–H groups in total. The van der Waals surface area contributed by atoms with Gasteiger partial charge in [-0.3, -0.25) is 4.79 Å². The number of nitrogens with two attached hydrogens (primary N) is 1. The summed E-state index contributed by atoms with van der Waals surface area (Å²) in [5, 5.41) is 3.35. The zero-order valence-electron chi connectivity index (χ0n) is 21.4. The third-order valence-electron chi connectivity index (χ3n) is 6.38. The number of carbonyl (C=O) groups excluding carboxylic acids is 1. The molecule has 1 aliphatic heterocycles. The fourth-order valence-electron chi connectivity index (χ4n) is 4.59. The number of likely N-dealkylation sites (N-methyl/N-ethyl adjacent to an activating group) is 1. The van der Waals surface area contributed by atoms with Gasteiger partial charge < -0.3 is 25.6 Å². The summed E-state index contributed by atoms with van der Waals surface area (Å²) in [5.74, 6) is 0.704. The van der Waals surface area contributed by atoms with Crippen LogP contribution in [-0.4, -0.2) is 60.1 Å². The topological polar surface area (TPSA) is 96.6 Å². The molecule has 3 heterocycles. The number of ether oxygens (including phenoxy) is 1. The van der Waals surface area contributed by atoms with Crippen molar-refractivity contribution in [3.8, 4) is 16.9 Å². The van der Waals surface area contributed by atoms with Gasteiger partial charge in [0.05, 0.1) is 28.2 Å². The van der Waals surface area contributed by atoms with Crippen LogP contribution in [0.15, 0.2) is 54.7 Å². The van der Waals surface area contributed by atoms with Crippen LogP contribution in [-0.2, 0) is 0 Å². The van der Waals surface area contributed by atoms with Crippen molar-refractivity contribution in [2.45, 2.75) is 26.4 Å². The van der Waals surface area contributed by atoms with Crippen LogP contribution in [0.4, 0.5) is 17.3 Å². The number of amides is 1. The Balaban J connectivity index is 1.50. The number of nitrogens with zero attached hydrogens (tertiary/aromatic N) is 4. The van der Waals surface area contributed by atoms with Gasteiger partial charge in [-0.25, -0.2) is 9.97 Å². The van der Waals surface area contributed by atoms with Gasteiger partial charge in [-0.15, -0.1) is 11.3 Å². The predicted molar refractivity (Wildman–Crippen MR) is 151 cm³/mol. The Labute approximate surface area is 221 Å². The Bertz CT molecular complexity index is 1400. The monoisotopic (exact) mass is 516 g/mol. The van der Waals surface area contributed by atoms with E-state index in [1.165, 1.54) is 11.3 Å². The van der Waals surface area contributed by atoms with Crippen molar-refractivity contribution in [3.63, 3.8) is 0 Å². The first-order valence-electron chi connectivity index (χ1n) is 12.5. The Morgan fingerprint density at radius 2 is 1.92 bits per heavy atom. The highest BCUT2D eigenvalue weighted by Gasteiger charge is 2.21. The van der Waals surface area contributed by atoms with Crippen LogP contribution in [0.1, 0.15) is 29.9 Å². The number of hydrogen-bond acceptors (Lipinski definition) is 8. The van der Waals surface area contributed by atoms with Gasteiger partial charge in [0.1, 0.15) is 10.6 Å². The molecule has 0 spiro atoms. The molecule has 0 aliphatic carbocycles. The fraction of sp³-hybridized carbons (Fsp3) is 0.321. The van der Waals surface area contributed by atoms with E-state index in [1.54, 1.807) is 6.20 Å². The molecule has 0 unspecified atom stereocenters. The lowest BCUT2D eigenvalue weighted by Crippen LogP contribution is -2.28. The molecule has 0 bridgehead atoms. The second kappa shape index (κ2) is 10.7. The number of primary amides is 1. The maximum absolute atomic E-state index is 12.2. The highest BCUT2D eigenvalue weighted by atomic mass is 32.1. The molecule has 37 heavy (non-hydrogen) atoms. The number of anilines is 3. The predicted octanol–water partition coefficient (Wildman–Crippen LogP) is 5.13. The van der Waals surface area contributed by atoms with Crippen LogP contribution in [0.5, 0.6) is 5.75 Å². The molecular formula is C28H32N6O2S. The summed E-state index contributed by atoms with van der Waals surface area (Å²) in [6, 6.07) is 16.0. The van der Waals surface area contributed by atoms with Crippen molar-refractivity contribution in [3.05, 3.63) is 59.6 Å². The van der Waals surface area contributed by atoms with Crippen LogP contribution in [0.25, 0.3) is 21.3 Å². The third kappa shape index (κ3) is 5.52. The van der Waals surface area contributed by atoms with Crippen LogP contribution in [0.3, 0.4) is 0 Å². The van der Waals surface area contributed by atoms with Crippen molar-refractivity contribution in [2.75, 3.05) is 43.4 Å². The van der Waals surface area contributed by atoms with Gasteiger partial charge in [-0.2, -0.15) is 0 Å². The van der Waals surface area contributed by atoms with Gasteiger partial charge >= 0.3 is 0 Å². The number of aromatic nitrogens is 2. The van der Waals surface area contributed by atoms with Gasteiger partial charge in [-0.1, -0.05) is 30.3 Å². The second-order valence-electron chi connectivity index (χ2n) is 9.56. The molecule has 1 amide bonds. The fourth-order valence-corrected chi connectivity index (χ4v) is 5.57. The first kappa shape index (κ1) is 25.0. The highest BCUT2D eigenvalue weighted by Crippen LogP contribution is 2.38. The first-order chi connectivity index (χ1) is 17.9. The largest absolute Gasteiger partial charge is 0.489 e. The van der Waals surface area contributed by atoms with E-state index < -0.39 is 5.91 Å². The minimum absolute atomic E-state index is 0.00847. The average Bonchev–Trinajstić information content (AvgIpc) is 3.13. The van der Waals surface area contributed by atoms with E-state index in [1.807, 2.05) is 50.2 Å². The normalized spacial score (nSPS) is 14.6. The van der Waals surface area contributed by atoms with Gasteiger partial charge in [0.2, 0.25) is 5.95 Å². The SMILES string of the molecule is CC(C)Oc1cc(N2CCCN(C)CC2)ccc1Nc1ncc2sc(C(N)=O)c(-c3ccccc3)c2n1. The van der Waals surface area contributed by atoms with Crippen molar-refractivity contribution >= 4 is 44.8 Å². The molecule has 2 aromatic carbocycles. The summed E-state index contributed by atoms with van der Waals surface area (Å²) >= 11 is 1.31. The van der Waals surface area contributed by atoms with Gasteiger partial charge in [-0.05, 0) is 51.6 Å². The smallest absolute Gasteiger partial charge is 0.259 e. The zero-order valence-corrected chi connectivity index (χ0v) is 22.2. The van der Waals surface area contributed by atoms with Crippen LogP contribution < -0.4 is 20.7 Å². The lowest BCUT2D eigenvalue weighted by atomic mass is 10.1. The van der Waals surface area contributed by atoms with E-state index in [2.05, 4.69) is 39.3 Å². The zero-order chi connectivity index (χ0) is 25.9. The van der Waals surface area contributed by atoms with Crippen LogP contribution in [0, 0.1) is 0 Å². The summed E-state index contributed by atoms with van der Waals surface area (Å²) < 4.78 is 7.01. The number of fused-ring (bicyclic) bond motifs is 1. The Morgan fingerprint density at radius 3 is 2.68 bits per heavy atom. The summed E-state index contributed by atoms with van der Waals surface area (Å²) in [7, 11) is 2.17. The average molecular weight is 517 g/mol. The quantitative estimate of drug-likeness (QED) is 0.351. The number of rotatable bonds is 7. The van der Waals surface area contributed by atoms with E-state index in [-0.39, 0.29) is 6.10 Å². The number of thiophene rings is 1. The molecule has 192 valence electrons. The molecule has 1 aliphatic rings. The van der Waals surface area contributed by atoms with Crippen LogP contribution in [0.2, 0.25) is 0 Å². The summed E-state index contributed by atoms with van der Waals surface area (Å²) in [6.07, 6.45) is 2.87. The Morgan fingerprint density at radius 1 is 1.11 bits per heavy atom. The maximum atomic E-state index is 12.2. The molecule has 0 radical (unpaired) electrons. The molecule has 2 aromatic heterocycles. The lowest BCUT2D eigenvalue weighted by Gasteiger charge is -2.25. The molecule has 1 fully saturated rings. The molecule has 5 rings (SSSR count). The molecule has 8 nitrogen and oxygen atoms in total. The Kier molecular flexibility index (Phi) is 7.25. The minimum atomic E-state index is -0.473. The Hall–Kier alpha value is -3.69. The van der Waals surface area contributed by atoms with Gasteiger partial charge in [0, 0.05) is 37.0 Å². The molecule has 1 saturated heterocycles. The lowest BCUT2D eigenvalue weighted by molar-refractivity contribution is 0.100. The molecule has 4 aromatic rings. The van der Waals surface area contributed by atoms with E-state index >= 15 is 0 Å². The number of nitrogens with one attached hydrogen (secondary N) is 1. The van der Waals surface area contributed by atoms with Crippen molar-refractivity contribution in [1.82, 2.24) is 14.9 Å². The molecule has 9 heteroatoms. The highest BCUT2D eigenvalue weighted by molar-refractivity contribution is 7.21. The second-order valence-corrected chi connectivity index (χ2v) is 10.6. The molecular weight excluding hydrogens is 484 g/mol. The third-order valence-corrected chi connectivity index (χ3v) is 7.50. The summed E-state index contributed by atoms with van der Waals surface area (Å²) in [6.45, 7) is 8.17. The van der Waals surface area contributed by atoms with Crippen molar-refractivity contribution in [1.29, 1.82) is 0 Å². The van der Waals surface area contributed by atoms with Gasteiger partial charge in [0.15, 0.2) is 0 Å². The van der Waals surface area contributed by atoms with E-state index in [9.17, 15) is 4.79 Å². The van der Waals surface area contributed by atoms with E-state index in [0.717, 1.165) is 65.6 Å². The summed E-state index contributed by atoms with van der Waals surface area (Å²) in [5.41, 5.74) is 9.97. The van der Waals surface area contributed by atoms with Crippen LogP contribution >= 0.6 is 11.3 Å². The molecule has 0 atom stereocenters.